The van der Waals surface area contributed by atoms with Crippen LogP contribution in [0.25, 0.3) is 0 Å². The van der Waals surface area contributed by atoms with Crippen LogP contribution in [-0.2, 0) is 16.1 Å². The average Bonchev–Trinajstić information content (AvgIpc) is 2.70. The summed E-state index contributed by atoms with van der Waals surface area (Å²) in [7, 11) is 0. The highest BCUT2D eigenvalue weighted by Crippen LogP contribution is 2.24. The molecule has 144 valence electrons. The van der Waals surface area contributed by atoms with Gasteiger partial charge in [-0.1, -0.05) is 30.3 Å². The summed E-state index contributed by atoms with van der Waals surface area (Å²) < 4.78 is 11.0. The number of hydrogen-bond acceptors (Lipinski definition) is 4. The number of carbonyl (C=O) groups is 2. The maximum absolute atomic E-state index is 12.5. The maximum atomic E-state index is 12.5. The third-order valence-corrected chi connectivity index (χ3v) is 4.20. The molecule has 0 saturated carbocycles. The first-order valence-electron chi connectivity index (χ1n) is 9.05. The van der Waals surface area contributed by atoms with E-state index in [-0.39, 0.29) is 18.8 Å². The molecular weight excluding hydrogens is 332 g/mol. The molecule has 1 aliphatic rings. The third kappa shape index (κ3) is 5.64. The van der Waals surface area contributed by atoms with Gasteiger partial charge in [0, 0.05) is 19.6 Å². The molecule has 1 heterocycles. The van der Waals surface area contributed by atoms with Crippen LogP contribution in [0, 0.1) is 0 Å². The monoisotopic (exact) mass is 362 g/mol. The van der Waals surface area contributed by atoms with Gasteiger partial charge in [0.05, 0.1) is 5.54 Å². The van der Waals surface area contributed by atoms with Crippen molar-refractivity contribution in [3.63, 3.8) is 0 Å². The lowest BCUT2D eigenvalue weighted by Crippen LogP contribution is -2.54. The summed E-state index contributed by atoms with van der Waals surface area (Å²) in [5.74, 6) is 0. The number of hydrogen-bond donors (Lipinski definition) is 0. The van der Waals surface area contributed by atoms with E-state index in [0.29, 0.717) is 26.1 Å². The number of amides is 2. The van der Waals surface area contributed by atoms with E-state index in [0.717, 1.165) is 5.56 Å². The van der Waals surface area contributed by atoms with E-state index in [1.165, 1.54) is 0 Å². The highest BCUT2D eigenvalue weighted by atomic mass is 16.6. The van der Waals surface area contributed by atoms with Crippen molar-refractivity contribution in [2.75, 3.05) is 19.6 Å². The highest BCUT2D eigenvalue weighted by molar-refractivity contribution is 5.71. The standard InChI is InChI=1S/C20H30N2O4/c1-19(2,3)26-18(24)22-13-9-12-21(15-20(22,4)5)17(23)25-14-16-10-7-6-8-11-16/h6-8,10-11H,9,12-15H2,1-5H3. The summed E-state index contributed by atoms with van der Waals surface area (Å²) in [6.45, 7) is 11.2. The van der Waals surface area contributed by atoms with Gasteiger partial charge in [-0.15, -0.1) is 0 Å². The second-order valence-corrected chi connectivity index (χ2v) is 8.26. The van der Waals surface area contributed by atoms with E-state index < -0.39 is 11.1 Å². The molecule has 1 saturated heterocycles. The van der Waals surface area contributed by atoms with Crippen LogP contribution in [0.4, 0.5) is 9.59 Å². The minimum Gasteiger partial charge on any atom is -0.445 e. The summed E-state index contributed by atoms with van der Waals surface area (Å²) in [5, 5.41) is 0. The molecule has 0 radical (unpaired) electrons. The predicted octanol–water partition coefficient (Wildman–Crippen LogP) is 4.04. The van der Waals surface area contributed by atoms with Gasteiger partial charge in [-0.05, 0) is 46.6 Å². The van der Waals surface area contributed by atoms with Crippen LogP contribution in [0.3, 0.4) is 0 Å². The fourth-order valence-electron chi connectivity index (χ4n) is 2.98. The van der Waals surface area contributed by atoms with E-state index in [4.69, 9.17) is 9.47 Å². The molecule has 6 nitrogen and oxygen atoms in total. The Morgan fingerprint density at radius 1 is 1.08 bits per heavy atom. The predicted molar refractivity (Wildman–Crippen MR) is 99.8 cm³/mol. The molecule has 0 spiro atoms. The van der Waals surface area contributed by atoms with Crippen LogP contribution in [-0.4, -0.2) is 52.8 Å². The van der Waals surface area contributed by atoms with E-state index in [1.807, 2.05) is 65.0 Å². The van der Waals surface area contributed by atoms with Crippen molar-refractivity contribution in [2.24, 2.45) is 0 Å². The van der Waals surface area contributed by atoms with Crippen molar-refractivity contribution in [3.05, 3.63) is 35.9 Å². The summed E-state index contributed by atoms with van der Waals surface area (Å²) >= 11 is 0. The molecule has 0 bridgehead atoms. The van der Waals surface area contributed by atoms with Gasteiger partial charge in [0.1, 0.15) is 12.2 Å². The lowest BCUT2D eigenvalue weighted by molar-refractivity contribution is 0.00207. The Balaban J connectivity index is 1.99. The molecule has 1 aliphatic heterocycles. The molecular formula is C20H30N2O4. The zero-order valence-electron chi connectivity index (χ0n) is 16.4. The smallest absolute Gasteiger partial charge is 0.410 e. The van der Waals surface area contributed by atoms with Crippen molar-refractivity contribution in [2.45, 2.75) is 58.8 Å². The van der Waals surface area contributed by atoms with Crippen molar-refractivity contribution >= 4 is 12.2 Å². The van der Waals surface area contributed by atoms with Crippen LogP contribution < -0.4 is 0 Å². The van der Waals surface area contributed by atoms with Gasteiger partial charge in [0.15, 0.2) is 0 Å². The second kappa shape index (κ2) is 7.98. The first-order chi connectivity index (χ1) is 12.1. The zero-order chi connectivity index (χ0) is 19.4. The van der Waals surface area contributed by atoms with Crippen molar-refractivity contribution in [1.82, 2.24) is 9.80 Å². The van der Waals surface area contributed by atoms with Crippen LogP contribution in [0.5, 0.6) is 0 Å². The van der Waals surface area contributed by atoms with E-state index >= 15 is 0 Å². The minimum absolute atomic E-state index is 0.242. The van der Waals surface area contributed by atoms with E-state index in [9.17, 15) is 9.59 Å². The van der Waals surface area contributed by atoms with Gasteiger partial charge < -0.3 is 19.3 Å². The molecule has 0 atom stereocenters. The summed E-state index contributed by atoms with van der Waals surface area (Å²) in [4.78, 5) is 28.4. The second-order valence-electron chi connectivity index (χ2n) is 8.26. The maximum Gasteiger partial charge on any atom is 0.410 e. The minimum atomic E-state index is -0.548. The normalized spacial score (nSPS) is 17.4. The zero-order valence-corrected chi connectivity index (χ0v) is 16.4. The van der Waals surface area contributed by atoms with Gasteiger partial charge in [-0.2, -0.15) is 0 Å². The third-order valence-electron chi connectivity index (χ3n) is 4.20. The highest BCUT2D eigenvalue weighted by Gasteiger charge is 2.38. The van der Waals surface area contributed by atoms with Crippen LogP contribution in [0.2, 0.25) is 0 Å². The largest absolute Gasteiger partial charge is 0.445 e. The Morgan fingerprint density at radius 2 is 1.73 bits per heavy atom. The van der Waals surface area contributed by atoms with Gasteiger partial charge in [-0.25, -0.2) is 9.59 Å². The van der Waals surface area contributed by atoms with Crippen molar-refractivity contribution < 1.29 is 19.1 Å². The average molecular weight is 362 g/mol. The molecule has 2 amide bonds. The van der Waals surface area contributed by atoms with Crippen LogP contribution in [0.1, 0.15) is 46.6 Å². The van der Waals surface area contributed by atoms with E-state index in [2.05, 4.69) is 0 Å². The first-order valence-corrected chi connectivity index (χ1v) is 9.05. The molecule has 0 unspecified atom stereocenters. The number of nitrogens with zero attached hydrogens (tertiary/aromatic N) is 2. The number of ether oxygens (including phenoxy) is 2. The van der Waals surface area contributed by atoms with Crippen molar-refractivity contribution in [3.8, 4) is 0 Å². The van der Waals surface area contributed by atoms with Gasteiger partial charge in [0.25, 0.3) is 0 Å². The summed E-state index contributed by atoms with van der Waals surface area (Å²) in [5.41, 5.74) is -0.136. The number of rotatable bonds is 2. The fraction of sp³-hybridized carbons (Fsp3) is 0.600. The quantitative estimate of drug-likeness (QED) is 0.796. The molecule has 6 heteroatoms. The van der Waals surface area contributed by atoms with Crippen LogP contribution in [0.15, 0.2) is 30.3 Å². The van der Waals surface area contributed by atoms with Gasteiger partial charge >= 0.3 is 12.2 Å². The summed E-state index contributed by atoms with van der Waals surface area (Å²) in [6.07, 6.45) is -0.0155. The lowest BCUT2D eigenvalue weighted by atomic mass is 10.0. The molecule has 0 N–H and O–H groups in total. The summed E-state index contributed by atoms with van der Waals surface area (Å²) in [6, 6.07) is 9.59. The topological polar surface area (TPSA) is 59.1 Å². The molecule has 2 rings (SSSR count). The molecule has 1 fully saturated rings. The van der Waals surface area contributed by atoms with Gasteiger partial charge in [-0.3, -0.25) is 0 Å². The Morgan fingerprint density at radius 3 is 2.35 bits per heavy atom. The Hall–Kier alpha value is -2.24. The van der Waals surface area contributed by atoms with Crippen molar-refractivity contribution in [1.29, 1.82) is 0 Å². The Kier molecular flexibility index (Phi) is 6.16. The molecule has 26 heavy (non-hydrogen) atoms. The lowest BCUT2D eigenvalue weighted by Gasteiger charge is -2.39. The Labute approximate surface area is 156 Å². The molecule has 1 aromatic rings. The fourth-order valence-corrected chi connectivity index (χ4v) is 2.98. The molecule has 0 aliphatic carbocycles. The SMILES string of the molecule is CC(C)(C)OC(=O)N1CCCN(C(=O)OCc2ccccc2)CC1(C)C. The number of benzene rings is 1. The molecule has 0 aromatic heterocycles. The Bertz CT molecular complexity index is 622. The number of carbonyl (C=O) groups excluding carboxylic acids is 2. The first kappa shape index (κ1) is 20.1. The van der Waals surface area contributed by atoms with E-state index in [1.54, 1.807) is 9.80 Å². The van der Waals surface area contributed by atoms with Gasteiger partial charge in [0.2, 0.25) is 0 Å². The molecule has 1 aromatic carbocycles. The van der Waals surface area contributed by atoms with Crippen LogP contribution >= 0.6 is 0 Å².